The van der Waals surface area contributed by atoms with E-state index in [1.165, 1.54) is 4.70 Å². The summed E-state index contributed by atoms with van der Waals surface area (Å²) in [5, 5.41) is 10.0. The van der Waals surface area contributed by atoms with Gasteiger partial charge in [-0.25, -0.2) is 9.97 Å². The van der Waals surface area contributed by atoms with Gasteiger partial charge in [0.05, 0.1) is 16.8 Å². The number of hydrogen-bond donors (Lipinski definition) is 1. The summed E-state index contributed by atoms with van der Waals surface area (Å²) in [6.07, 6.45) is 1.71. The van der Waals surface area contributed by atoms with E-state index in [0.717, 1.165) is 26.0 Å². The summed E-state index contributed by atoms with van der Waals surface area (Å²) < 4.78 is 2.18. The molecule has 1 aromatic carbocycles. The van der Waals surface area contributed by atoms with Crippen LogP contribution in [0.2, 0.25) is 0 Å². The summed E-state index contributed by atoms with van der Waals surface area (Å²) in [6.45, 7) is 2.03. The molecule has 0 saturated heterocycles. The van der Waals surface area contributed by atoms with Crippen LogP contribution in [0, 0.1) is 6.92 Å². The Kier molecular flexibility index (Phi) is 3.50. The van der Waals surface area contributed by atoms with Crippen molar-refractivity contribution in [1.29, 1.82) is 0 Å². The molecule has 5 heteroatoms. The summed E-state index contributed by atoms with van der Waals surface area (Å²) in [5.74, 6) is 0. The number of aliphatic hydroxyl groups is 1. The number of benzene rings is 1. The van der Waals surface area contributed by atoms with Crippen LogP contribution in [0.15, 0.2) is 45.9 Å². The van der Waals surface area contributed by atoms with Gasteiger partial charge in [0, 0.05) is 6.20 Å². The van der Waals surface area contributed by atoms with Crippen LogP contribution in [0.4, 0.5) is 0 Å². The number of rotatable bonds is 3. The van der Waals surface area contributed by atoms with Gasteiger partial charge in [-0.1, -0.05) is 12.1 Å². The van der Waals surface area contributed by atoms with Gasteiger partial charge in [-0.15, -0.1) is 11.3 Å². The lowest BCUT2D eigenvalue weighted by Gasteiger charge is -2.03. The Hall–Kier alpha value is -1.43. The van der Waals surface area contributed by atoms with Gasteiger partial charge in [-0.05, 0) is 48.0 Å². The molecule has 96 valence electrons. The molecule has 3 rings (SSSR count). The average Bonchev–Trinajstić information content (AvgIpc) is 2.83. The van der Waals surface area contributed by atoms with Crippen molar-refractivity contribution in [1.82, 2.24) is 9.97 Å². The minimum atomic E-state index is 0.0277. The zero-order valence-electron chi connectivity index (χ0n) is 10.3. The number of para-hydroxylation sites is 1. The maximum absolute atomic E-state index is 9.08. The summed E-state index contributed by atoms with van der Waals surface area (Å²) in [7, 11) is 0. The second kappa shape index (κ2) is 5.28. The minimum Gasteiger partial charge on any atom is -0.392 e. The van der Waals surface area contributed by atoms with Gasteiger partial charge in [0.15, 0.2) is 4.34 Å². The van der Waals surface area contributed by atoms with Crippen molar-refractivity contribution >= 4 is 33.3 Å². The fourth-order valence-corrected chi connectivity index (χ4v) is 3.80. The molecule has 3 nitrogen and oxygen atoms in total. The van der Waals surface area contributed by atoms with Gasteiger partial charge >= 0.3 is 0 Å². The minimum absolute atomic E-state index is 0.0277. The van der Waals surface area contributed by atoms with E-state index in [9.17, 15) is 0 Å². The van der Waals surface area contributed by atoms with Crippen molar-refractivity contribution in [3.05, 3.63) is 47.7 Å². The SMILES string of the molecule is Cc1cc(CO)cnc1Sc1nc2ccccc2s1. The predicted octanol–water partition coefficient (Wildman–Crippen LogP) is 3.64. The monoisotopic (exact) mass is 288 g/mol. The number of aromatic nitrogens is 2. The van der Waals surface area contributed by atoms with E-state index >= 15 is 0 Å². The topological polar surface area (TPSA) is 46.0 Å². The van der Waals surface area contributed by atoms with Crippen molar-refractivity contribution in [3.8, 4) is 0 Å². The first-order valence-corrected chi connectivity index (χ1v) is 7.49. The number of fused-ring (bicyclic) bond motifs is 1. The highest BCUT2D eigenvalue weighted by atomic mass is 32.2. The third-order valence-electron chi connectivity index (χ3n) is 2.73. The fourth-order valence-electron chi connectivity index (χ4n) is 1.79. The molecule has 0 amide bonds. The van der Waals surface area contributed by atoms with E-state index in [2.05, 4.69) is 16.0 Å². The van der Waals surface area contributed by atoms with Crippen LogP contribution >= 0.6 is 23.1 Å². The van der Waals surface area contributed by atoms with E-state index in [1.807, 2.05) is 31.2 Å². The van der Waals surface area contributed by atoms with Crippen molar-refractivity contribution in [2.45, 2.75) is 22.9 Å². The lowest BCUT2D eigenvalue weighted by Crippen LogP contribution is -1.90. The van der Waals surface area contributed by atoms with Crippen molar-refractivity contribution in [3.63, 3.8) is 0 Å². The normalized spacial score (nSPS) is 11.1. The van der Waals surface area contributed by atoms with E-state index in [-0.39, 0.29) is 6.61 Å². The average molecular weight is 288 g/mol. The third-order valence-corrected chi connectivity index (χ3v) is 4.95. The quantitative estimate of drug-likeness (QED) is 0.799. The number of aliphatic hydroxyl groups excluding tert-OH is 1. The van der Waals surface area contributed by atoms with Crippen LogP contribution in [0.25, 0.3) is 10.2 Å². The van der Waals surface area contributed by atoms with Gasteiger partial charge in [0.1, 0.15) is 5.03 Å². The molecule has 0 radical (unpaired) electrons. The highest BCUT2D eigenvalue weighted by Crippen LogP contribution is 2.34. The van der Waals surface area contributed by atoms with Gasteiger partial charge in [0.2, 0.25) is 0 Å². The Morgan fingerprint density at radius 1 is 1.32 bits per heavy atom. The molecule has 19 heavy (non-hydrogen) atoms. The Morgan fingerprint density at radius 2 is 2.16 bits per heavy atom. The van der Waals surface area contributed by atoms with E-state index in [1.54, 1.807) is 29.3 Å². The molecule has 0 atom stereocenters. The summed E-state index contributed by atoms with van der Waals surface area (Å²) in [5.41, 5.74) is 2.93. The van der Waals surface area contributed by atoms with Crippen LogP contribution in [0.1, 0.15) is 11.1 Å². The number of thiazole rings is 1. The Balaban J connectivity index is 1.92. The molecule has 0 aliphatic heterocycles. The van der Waals surface area contributed by atoms with E-state index in [4.69, 9.17) is 5.11 Å². The molecule has 2 heterocycles. The molecular formula is C14H12N2OS2. The molecule has 0 aliphatic rings. The highest BCUT2D eigenvalue weighted by Gasteiger charge is 2.08. The van der Waals surface area contributed by atoms with Crippen molar-refractivity contribution in [2.75, 3.05) is 0 Å². The van der Waals surface area contributed by atoms with Gasteiger partial charge in [-0.3, -0.25) is 0 Å². The second-order valence-electron chi connectivity index (χ2n) is 4.17. The first-order chi connectivity index (χ1) is 9.26. The largest absolute Gasteiger partial charge is 0.392 e. The molecule has 0 fully saturated rings. The molecular weight excluding hydrogens is 276 g/mol. The summed E-state index contributed by atoms with van der Waals surface area (Å²) in [6, 6.07) is 10.1. The van der Waals surface area contributed by atoms with Crippen molar-refractivity contribution in [2.24, 2.45) is 0 Å². The molecule has 0 unspecified atom stereocenters. The third kappa shape index (κ3) is 2.63. The molecule has 2 aromatic heterocycles. The zero-order chi connectivity index (χ0) is 13.2. The molecule has 1 N–H and O–H groups in total. The van der Waals surface area contributed by atoms with Gasteiger partial charge < -0.3 is 5.11 Å². The smallest absolute Gasteiger partial charge is 0.157 e. The first-order valence-electron chi connectivity index (χ1n) is 5.86. The molecule has 3 aromatic rings. The molecule has 0 saturated carbocycles. The lowest BCUT2D eigenvalue weighted by atomic mass is 10.2. The fraction of sp³-hybridized carbons (Fsp3) is 0.143. The number of pyridine rings is 1. The van der Waals surface area contributed by atoms with Crippen LogP contribution < -0.4 is 0 Å². The van der Waals surface area contributed by atoms with E-state index < -0.39 is 0 Å². The molecule has 0 spiro atoms. The Bertz CT molecular complexity index is 691. The Morgan fingerprint density at radius 3 is 2.89 bits per heavy atom. The highest BCUT2D eigenvalue weighted by molar-refractivity contribution is 8.01. The van der Waals surface area contributed by atoms with Crippen LogP contribution in [0.5, 0.6) is 0 Å². The zero-order valence-corrected chi connectivity index (χ0v) is 12.0. The maximum Gasteiger partial charge on any atom is 0.157 e. The van der Waals surface area contributed by atoms with Crippen LogP contribution in [-0.2, 0) is 6.61 Å². The van der Waals surface area contributed by atoms with Gasteiger partial charge in [0.25, 0.3) is 0 Å². The first kappa shape index (κ1) is 12.6. The van der Waals surface area contributed by atoms with Crippen molar-refractivity contribution < 1.29 is 5.11 Å². The molecule has 0 bridgehead atoms. The van der Waals surface area contributed by atoms with Gasteiger partial charge in [-0.2, -0.15) is 0 Å². The standard InChI is InChI=1S/C14H12N2OS2/c1-9-6-10(8-17)7-15-13(9)19-14-16-11-4-2-3-5-12(11)18-14/h2-7,17H,8H2,1H3. The summed E-state index contributed by atoms with van der Waals surface area (Å²) >= 11 is 3.25. The maximum atomic E-state index is 9.08. The molecule has 0 aliphatic carbocycles. The Labute approximate surface area is 119 Å². The second-order valence-corrected chi connectivity index (χ2v) is 6.44. The number of hydrogen-bond acceptors (Lipinski definition) is 5. The van der Waals surface area contributed by atoms with Crippen LogP contribution in [-0.4, -0.2) is 15.1 Å². The lowest BCUT2D eigenvalue weighted by molar-refractivity contribution is 0.281. The predicted molar refractivity (Wildman–Crippen MR) is 78.6 cm³/mol. The number of nitrogens with zero attached hydrogens (tertiary/aromatic N) is 2. The summed E-state index contributed by atoms with van der Waals surface area (Å²) in [4.78, 5) is 8.97. The van der Waals surface area contributed by atoms with Crippen LogP contribution in [0.3, 0.4) is 0 Å². The number of aryl methyl sites for hydroxylation is 1. The van der Waals surface area contributed by atoms with E-state index in [0.29, 0.717) is 0 Å².